The van der Waals surface area contributed by atoms with E-state index in [0.717, 1.165) is 17.7 Å². The van der Waals surface area contributed by atoms with Gasteiger partial charge in [0.15, 0.2) is 0 Å². The van der Waals surface area contributed by atoms with E-state index in [0.29, 0.717) is 27.5 Å². The molecular formula is C35H35ClF3N3O4S. The molecule has 4 aromatic carbocycles. The monoisotopic (exact) mass is 685 g/mol. The van der Waals surface area contributed by atoms with Crippen molar-refractivity contribution in [2.24, 2.45) is 5.92 Å². The minimum atomic E-state index is -4.77. The molecule has 7 nitrogen and oxygen atoms in total. The second kappa shape index (κ2) is 15.5. The zero-order valence-corrected chi connectivity index (χ0v) is 27.4. The van der Waals surface area contributed by atoms with Crippen LogP contribution >= 0.6 is 11.6 Å². The minimum absolute atomic E-state index is 0.0894. The second-order valence-electron chi connectivity index (χ2n) is 11.4. The number of sulfonamides is 1. The van der Waals surface area contributed by atoms with Crippen LogP contribution in [0.5, 0.6) is 0 Å². The molecule has 0 fully saturated rings. The van der Waals surface area contributed by atoms with E-state index in [9.17, 15) is 31.2 Å². The van der Waals surface area contributed by atoms with Crippen molar-refractivity contribution in [3.05, 3.63) is 131 Å². The predicted octanol–water partition coefficient (Wildman–Crippen LogP) is 6.97. The summed E-state index contributed by atoms with van der Waals surface area (Å²) in [6.45, 7) is 3.14. The summed E-state index contributed by atoms with van der Waals surface area (Å²) in [6, 6.07) is 25.5. The van der Waals surface area contributed by atoms with Crippen LogP contribution in [0.15, 0.2) is 114 Å². The molecular weight excluding hydrogens is 651 g/mol. The Bertz CT molecular complexity index is 1770. The maximum Gasteiger partial charge on any atom is 0.416 e. The quantitative estimate of drug-likeness (QED) is 0.165. The first-order valence-corrected chi connectivity index (χ1v) is 16.7. The third-order valence-electron chi connectivity index (χ3n) is 7.27. The van der Waals surface area contributed by atoms with Crippen molar-refractivity contribution < 1.29 is 31.2 Å². The number of carbonyl (C=O) groups excluding carboxylic acids is 2. The molecule has 0 radical (unpaired) electrons. The van der Waals surface area contributed by atoms with Gasteiger partial charge in [-0.2, -0.15) is 13.2 Å². The lowest BCUT2D eigenvalue weighted by Gasteiger charge is -2.34. The molecule has 0 spiro atoms. The molecule has 0 bridgehead atoms. The minimum Gasteiger partial charge on any atom is -0.354 e. The average molecular weight is 686 g/mol. The molecule has 1 N–H and O–H groups in total. The third kappa shape index (κ3) is 9.59. The number of hydrogen-bond donors (Lipinski definition) is 1. The van der Waals surface area contributed by atoms with E-state index in [4.69, 9.17) is 11.6 Å². The van der Waals surface area contributed by atoms with Crippen LogP contribution < -0.4 is 9.62 Å². The van der Waals surface area contributed by atoms with Gasteiger partial charge in [-0.3, -0.25) is 13.9 Å². The maximum absolute atomic E-state index is 14.4. The lowest BCUT2D eigenvalue weighted by atomic mass is 10.0. The molecule has 2 amide bonds. The average Bonchev–Trinajstić information content (AvgIpc) is 3.04. The zero-order chi connectivity index (χ0) is 34.2. The maximum atomic E-state index is 14.4. The lowest BCUT2D eigenvalue weighted by molar-refractivity contribution is -0.140. The van der Waals surface area contributed by atoms with E-state index in [-0.39, 0.29) is 29.5 Å². The number of amides is 2. The van der Waals surface area contributed by atoms with Crippen LogP contribution in [0.25, 0.3) is 0 Å². The van der Waals surface area contributed by atoms with Gasteiger partial charge in [0, 0.05) is 24.5 Å². The standard InChI is InChI=1S/C35H35ClF3N3O4S/c1-25(2)22-40-34(44)32(20-26-11-5-3-6-12-26)41(23-27-13-9-15-29(36)19-27)33(43)24-42(47(45,46)31-17-7-4-8-18-31)30-16-10-14-28(21-30)35(37,38)39/h3-19,21,25,32H,20,22-24H2,1-2H3,(H,40,44)/t32-/m0/s1. The summed E-state index contributed by atoms with van der Waals surface area (Å²) < 4.78 is 69.9. The van der Waals surface area contributed by atoms with Crippen LogP contribution in [0, 0.1) is 5.92 Å². The zero-order valence-electron chi connectivity index (χ0n) is 25.8. The lowest BCUT2D eigenvalue weighted by Crippen LogP contribution is -2.53. The summed E-state index contributed by atoms with van der Waals surface area (Å²) in [5, 5.41) is 3.27. The Morgan fingerprint density at radius 3 is 2.06 bits per heavy atom. The van der Waals surface area contributed by atoms with Crippen molar-refractivity contribution in [2.75, 3.05) is 17.4 Å². The van der Waals surface area contributed by atoms with Gasteiger partial charge in [0.25, 0.3) is 10.0 Å². The summed E-state index contributed by atoms with van der Waals surface area (Å²) in [7, 11) is -4.55. The van der Waals surface area contributed by atoms with Crippen molar-refractivity contribution in [3.63, 3.8) is 0 Å². The fourth-order valence-corrected chi connectivity index (χ4v) is 6.53. The molecule has 0 aromatic heterocycles. The molecule has 0 saturated heterocycles. The Morgan fingerprint density at radius 1 is 0.830 bits per heavy atom. The van der Waals surface area contributed by atoms with Gasteiger partial charge in [-0.15, -0.1) is 0 Å². The summed E-state index contributed by atoms with van der Waals surface area (Å²) >= 11 is 6.25. The molecule has 0 unspecified atom stereocenters. The molecule has 4 rings (SSSR count). The van der Waals surface area contributed by atoms with Gasteiger partial charge in [0.1, 0.15) is 12.6 Å². The Kier molecular flexibility index (Phi) is 11.7. The highest BCUT2D eigenvalue weighted by Gasteiger charge is 2.36. The van der Waals surface area contributed by atoms with Crippen molar-refractivity contribution in [1.82, 2.24) is 10.2 Å². The van der Waals surface area contributed by atoms with E-state index in [2.05, 4.69) is 5.32 Å². The summed E-state index contributed by atoms with van der Waals surface area (Å²) in [5.74, 6) is -1.17. The number of hydrogen-bond acceptors (Lipinski definition) is 4. The normalized spacial score (nSPS) is 12.4. The first-order valence-electron chi connectivity index (χ1n) is 14.9. The highest BCUT2D eigenvalue weighted by molar-refractivity contribution is 7.92. The van der Waals surface area contributed by atoms with Gasteiger partial charge < -0.3 is 10.2 Å². The molecule has 4 aromatic rings. The predicted molar refractivity (Wildman–Crippen MR) is 176 cm³/mol. The van der Waals surface area contributed by atoms with Gasteiger partial charge in [0.2, 0.25) is 11.8 Å². The Labute approximate surface area is 278 Å². The molecule has 0 aliphatic heterocycles. The van der Waals surface area contributed by atoms with Gasteiger partial charge in [0.05, 0.1) is 16.1 Å². The summed E-state index contributed by atoms with van der Waals surface area (Å²) in [5.41, 5.74) is -0.130. The number of rotatable bonds is 13. The molecule has 248 valence electrons. The second-order valence-corrected chi connectivity index (χ2v) is 13.7. The number of carbonyl (C=O) groups is 2. The van der Waals surface area contributed by atoms with E-state index in [1.165, 1.54) is 35.2 Å². The van der Waals surface area contributed by atoms with Crippen molar-refractivity contribution in [1.29, 1.82) is 0 Å². The van der Waals surface area contributed by atoms with E-state index < -0.39 is 46.2 Å². The van der Waals surface area contributed by atoms with Crippen LogP contribution in [-0.2, 0) is 38.8 Å². The van der Waals surface area contributed by atoms with E-state index in [1.54, 1.807) is 54.6 Å². The van der Waals surface area contributed by atoms with Gasteiger partial charge in [-0.1, -0.05) is 92.2 Å². The SMILES string of the molecule is CC(C)CNC(=O)[C@H](Cc1ccccc1)N(Cc1cccc(Cl)c1)C(=O)CN(c1cccc(C(F)(F)F)c1)S(=O)(=O)c1ccccc1. The van der Waals surface area contributed by atoms with E-state index in [1.807, 2.05) is 19.9 Å². The van der Waals surface area contributed by atoms with Crippen LogP contribution in [0.2, 0.25) is 5.02 Å². The van der Waals surface area contributed by atoms with Crippen LogP contribution in [0.4, 0.5) is 18.9 Å². The largest absolute Gasteiger partial charge is 0.416 e. The number of nitrogens with zero attached hydrogens (tertiary/aromatic N) is 2. The first kappa shape index (κ1) is 35.5. The molecule has 47 heavy (non-hydrogen) atoms. The first-order chi connectivity index (χ1) is 22.3. The van der Waals surface area contributed by atoms with Crippen molar-refractivity contribution in [2.45, 2.75) is 43.9 Å². The highest BCUT2D eigenvalue weighted by Crippen LogP contribution is 2.33. The molecule has 0 saturated carbocycles. The number of nitrogens with one attached hydrogen (secondary N) is 1. The van der Waals surface area contributed by atoms with Crippen molar-refractivity contribution >= 4 is 39.1 Å². The molecule has 12 heteroatoms. The van der Waals surface area contributed by atoms with E-state index >= 15 is 0 Å². The Morgan fingerprint density at radius 2 is 1.45 bits per heavy atom. The third-order valence-corrected chi connectivity index (χ3v) is 9.29. The number of anilines is 1. The number of halogens is 4. The van der Waals surface area contributed by atoms with Gasteiger partial charge in [-0.25, -0.2) is 8.42 Å². The molecule has 0 aliphatic carbocycles. The topological polar surface area (TPSA) is 86.8 Å². The fraction of sp³-hybridized carbons (Fsp3) is 0.257. The fourth-order valence-electron chi connectivity index (χ4n) is 4.89. The van der Waals surface area contributed by atoms with Gasteiger partial charge >= 0.3 is 6.18 Å². The highest BCUT2D eigenvalue weighted by atomic mass is 35.5. The Balaban J connectivity index is 1.83. The summed E-state index contributed by atoms with van der Waals surface area (Å²) in [4.78, 5) is 29.3. The molecule has 0 aliphatic rings. The number of benzene rings is 4. The number of alkyl halides is 3. The summed E-state index contributed by atoms with van der Waals surface area (Å²) in [6.07, 6.45) is -4.68. The van der Waals surface area contributed by atoms with Crippen LogP contribution in [-0.4, -0.2) is 44.3 Å². The Hall–Kier alpha value is -4.35. The molecule has 1 atom stereocenters. The van der Waals surface area contributed by atoms with Crippen LogP contribution in [0.1, 0.15) is 30.5 Å². The van der Waals surface area contributed by atoms with Crippen LogP contribution in [0.3, 0.4) is 0 Å². The van der Waals surface area contributed by atoms with Gasteiger partial charge in [-0.05, 0) is 59.5 Å². The molecule has 0 heterocycles. The smallest absolute Gasteiger partial charge is 0.354 e. The van der Waals surface area contributed by atoms with Crippen molar-refractivity contribution in [3.8, 4) is 0 Å².